The lowest BCUT2D eigenvalue weighted by molar-refractivity contribution is 0.114. The molecule has 0 spiro atoms. The van der Waals surface area contributed by atoms with E-state index in [0.717, 1.165) is 49.8 Å². The average molecular weight is 477 g/mol. The molecule has 1 aliphatic heterocycles. The number of aryl methyl sites for hydroxylation is 1. The first-order chi connectivity index (χ1) is 12.2. The molecule has 0 bridgehead atoms. The molecule has 0 aromatic heterocycles. The van der Waals surface area contributed by atoms with Crippen LogP contribution in [-0.4, -0.2) is 52.1 Å². The van der Waals surface area contributed by atoms with Gasteiger partial charge in [-0.25, -0.2) is 4.99 Å². The van der Waals surface area contributed by atoms with Crippen molar-refractivity contribution in [2.45, 2.75) is 39.3 Å². The van der Waals surface area contributed by atoms with Crippen molar-refractivity contribution in [2.75, 3.05) is 40.0 Å². The molecule has 6 nitrogen and oxygen atoms in total. The number of hydrogen-bond acceptors (Lipinski definition) is 4. The summed E-state index contributed by atoms with van der Waals surface area (Å²) < 4.78 is 16.6. The normalized spacial score (nSPS) is 16.9. The molecule has 1 aromatic rings. The fraction of sp³-hybridized carbons (Fsp3) is 0.632. The molecule has 26 heavy (non-hydrogen) atoms. The first kappa shape index (κ1) is 23.0. The Bertz CT molecular complexity index is 549. The predicted octanol–water partition coefficient (Wildman–Crippen LogP) is 2.87. The summed E-state index contributed by atoms with van der Waals surface area (Å²) >= 11 is 0. The van der Waals surface area contributed by atoms with Gasteiger partial charge in [0.2, 0.25) is 0 Å². The molecule has 1 fully saturated rings. The highest BCUT2D eigenvalue weighted by Crippen LogP contribution is 2.21. The highest BCUT2D eigenvalue weighted by atomic mass is 127. The van der Waals surface area contributed by atoms with Crippen molar-refractivity contribution in [3.8, 4) is 5.75 Å². The van der Waals surface area contributed by atoms with Crippen LogP contribution in [0.4, 0.5) is 0 Å². The number of rotatable bonds is 9. The zero-order valence-corrected chi connectivity index (χ0v) is 18.4. The van der Waals surface area contributed by atoms with Crippen molar-refractivity contribution in [1.29, 1.82) is 0 Å². The fourth-order valence-corrected chi connectivity index (χ4v) is 2.68. The predicted molar refractivity (Wildman–Crippen MR) is 116 cm³/mol. The Morgan fingerprint density at radius 3 is 2.85 bits per heavy atom. The van der Waals surface area contributed by atoms with Crippen LogP contribution in [-0.2, 0) is 16.0 Å². The maximum absolute atomic E-state index is 5.84. The van der Waals surface area contributed by atoms with Crippen molar-refractivity contribution >= 4 is 29.9 Å². The number of halogens is 1. The third-order valence-electron chi connectivity index (χ3n) is 4.04. The zero-order chi connectivity index (χ0) is 17.9. The smallest absolute Gasteiger partial charge is 0.191 e. The number of hydrogen-bond donors (Lipinski definition) is 2. The number of nitrogens with zero attached hydrogens (tertiary/aromatic N) is 1. The number of nitrogens with one attached hydrogen (secondary N) is 2. The summed E-state index contributed by atoms with van der Waals surface area (Å²) in [5.74, 6) is 1.68. The van der Waals surface area contributed by atoms with Gasteiger partial charge in [0.15, 0.2) is 5.96 Å². The van der Waals surface area contributed by atoms with Crippen molar-refractivity contribution in [1.82, 2.24) is 10.6 Å². The lowest BCUT2D eigenvalue weighted by Crippen LogP contribution is -2.41. The van der Waals surface area contributed by atoms with Gasteiger partial charge in [0.1, 0.15) is 12.4 Å². The lowest BCUT2D eigenvalue weighted by Gasteiger charge is -2.15. The average Bonchev–Trinajstić information content (AvgIpc) is 3.12. The number of guanidine groups is 1. The SMILES string of the molecule is CCNC(=NCc1ccc(C)cc1OCCOC)NCC1CCCO1.I. The quantitative estimate of drug-likeness (QED) is 0.248. The maximum Gasteiger partial charge on any atom is 0.191 e. The summed E-state index contributed by atoms with van der Waals surface area (Å²) in [6, 6.07) is 6.21. The molecule has 1 aromatic carbocycles. The highest BCUT2D eigenvalue weighted by Gasteiger charge is 2.15. The van der Waals surface area contributed by atoms with Crippen LogP contribution in [0.15, 0.2) is 23.2 Å². The van der Waals surface area contributed by atoms with Gasteiger partial charge in [-0.2, -0.15) is 0 Å². The Morgan fingerprint density at radius 1 is 1.31 bits per heavy atom. The second-order valence-electron chi connectivity index (χ2n) is 6.16. The standard InChI is InChI=1S/C19H31N3O3.HI/c1-4-20-19(22-14-17-6-5-9-24-17)21-13-16-8-7-15(2)12-18(16)25-11-10-23-3;/h7-8,12,17H,4-6,9-11,13-14H2,1-3H3,(H2,20,21,22);1H. The van der Waals surface area contributed by atoms with E-state index in [1.54, 1.807) is 7.11 Å². The van der Waals surface area contributed by atoms with Crippen LogP contribution in [0.25, 0.3) is 0 Å². The summed E-state index contributed by atoms with van der Waals surface area (Å²) in [5.41, 5.74) is 2.24. The summed E-state index contributed by atoms with van der Waals surface area (Å²) in [6.07, 6.45) is 2.55. The molecule has 0 amide bonds. The third-order valence-corrected chi connectivity index (χ3v) is 4.04. The molecule has 1 heterocycles. The molecule has 1 saturated heterocycles. The summed E-state index contributed by atoms with van der Waals surface area (Å²) in [4.78, 5) is 4.69. The van der Waals surface area contributed by atoms with Crippen LogP contribution >= 0.6 is 24.0 Å². The van der Waals surface area contributed by atoms with E-state index in [1.165, 1.54) is 5.56 Å². The van der Waals surface area contributed by atoms with Crippen LogP contribution in [0.5, 0.6) is 5.75 Å². The first-order valence-electron chi connectivity index (χ1n) is 9.08. The molecule has 1 atom stereocenters. The third kappa shape index (κ3) is 8.09. The van der Waals surface area contributed by atoms with Gasteiger partial charge in [0.05, 0.1) is 19.3 Å². The second-order valence-corrected chi connectivity index (χ2v) is 6.16. The van der Waals surface area contributed by atoms with E-state index >= 15 is 0 Å². The topological polar surface area (TPSA) is 64.1 Å². The Labute approximate surface area is 174 Å². The molecule has 2 N–H and O–H groups in total. The minimum atomic E-state index is 0. The van der Waals surface area contributed by atoms with Gasteiger partial charge in [-0.05, 0) is 38.3 Å². The van der Waals surface area contributed by atoms with Crippen molar-refractivity contribution in [3.05, 3.63) is 29.3 Å². The minimum Gasteiger partial charge on any atom is -0.491 e. The van der Waals surface area contributed by atoms with Gasteiger partial charge in [-0.1, -0.05) is 12.1 Å². The monoisotopic (exact) mass is 477 g/mol. The second kappa shape index (κ2) is 13.2. The lowest BCUT2D eigenvalue weighted by atomic mass is 10.1. The van der Waals surface area contributed by atoms with Crippen LogP contribution in [0.2, 0.25) is 0 Å². The van der Waals surface area contributed by atoms with Gasteiger partial charge in [0, 0.05) is 32.4 Å². The molecule has 1 unspecified atom stereocenters. The van der Waals surface area contributed by atoms with Crippen LogP contribution < -0.4 is 15.4 Å². The summed E-state index contributed by atoms with van der Waals surface area (Å²) in [6.45, 7) is 8.27. The molecule has 148 valence electrons. The first-order valence-corrected chi connectivity index (χ1v) is 9.08. The molecule has 2 rings (SSSR count). The zero-order valence-electron chi connectivity index (χ0n) is 16.0. The molecule has 0 aliphatic carbocycles. The van der Waals surface area contributed by atoms with E-state index in [9.17, 15) is 0 Å². The van der Waals surface area contributed by atoms with E-state index in [1.807, 2.05) is 6.07 Å². The molecule has 7 heteroatoms. The van der Waals surface area contributed by atoms with Crippen LogP contribution in [0.3, 0.4) is 0 Å². The van der Waals surface area contributed by atoms with E-state index in [2.05, 4.69) is 36.6 Å². The largest absolute Gasteiger partial charge is 0.491 e. The molecule has 0 saturated carbocycles. The summed E-state index contributed by atoms with van der Waals surface area (Å²) in [7, 11) is 1.67. The van der Waals surface area contributed by atoms with Crippen molar-refractivity contribution in [3.63, 3.8) is 0 Å². The number of benzene rings is 1. The minimum absolute atomic E-state index is 0. The maximum atomic E-state index is 5.84. The van der Waals surface area contributed by atoms with Gasteiger partial charge >= 0.3 is 0 Å². The Balaban J connectivity index is 0.00000338. The summed E-state index contributed by atoms with van der Waals surface area (Å²) in [5, 5.41) is 6.65. The Kier molecular flexibility index (Phi) is 11.6. The van der Waals surface area contributed by atoms with Crippen LogP contribution in [0.1, 0.15) is 30.9 Å². The molecule has 1 aliphatic rings. The highest BCUT2D eigenvalue weighted by molar-refractivity contribution is 14.0. The van der Waals surface area contributed by atoms with Gasteiger partial charge in [-0.3, -0.25) is 0 Å². The fourth-order valence-electron chi connectivity index (χ4n) is 2.68. The van der Waals surface area contributed by atoms with Crippen molar-refractivity contribution < 1.29 is 14.2 Å². The Morgan fingerprint density at radius 2 is 2.15 bits per heavy atom. The van der Waals surface area contributed by atoms with E-state index < -0.39 is 0 Å². The van der Waals surface area contributed by atoms with E-state index in [4.69, 9.17) is 19.2 Å². The molecular formula is C19H32IN3O3. The van der Waals surface area contributed by atoms with Crippen LogP contribution in [0, 0.1) is 6.92 Å². The molecular weight excluding hydrogens is 445 g/mol. The van der Waals surface area contributed by atoms with E-state index in [0.29, 0.717) is 19.8 Å². The Hall–Kier alpha value is -1.06. The molecule has 0 radical (unpaired) electrons. The van der Waals surface area contributed by atoms with Gasteiger partial charge in [0.25, 0.3) is 0 Å². The van der Waals surface area contributed by atoms with Crippen molar-refractivity contribution in [2.24, 2.45) is 4.99 Å². The number of ether oxygens (including phenoxy) is 3. The van der Waals surface area contributed by atoms with Gasteiger partial charge < -0.3 is 24.8 Å². The number of aliphatic imine (C=N–C) groups is 1. The van der Waals surface area contributed by atoms with Gasteiger partial charge in [-0.15, -0.1) is 24.0 Å². The van der Waals surface area contributed by atoms with E-state index in [-0.39, 0.29) is 30.1 Å². The number of methoxy groups -OCH3 is 1.